The lowest BCUT2D eigenvalue weighted by molar-refractivity contribution is -0.137. The molecule has 2 aromatic rings. The first kappa shape index (κ1) is 16.7. The Balaban J connectivity index is 1.54. The van der Waals surface area contributed by atoms with E-state index in [1.54, 1.807) is 10.9 Å². The molecule has 0 aliphatic carbocycles. The van der Waals surface area contributed by atoms with E-state index in [9.17, 15) is 4.79 Å². The maximum atomic E-state index is 10.6. The summed E-state index contributed by atoms with van der Waals surface area (Å²) in [6, 6.07) is 1.92. The first-order valence-electron chi connectivity index (χ1n) is 8.23. The summed E-state index contributed by atoms with van der Waals surface area (Å²) in [6.07, 6.45) is 8.68. The zero-order valence-corrected chi connectivity index (χ0v) is 13.6. The molecule has 0 aromatic carbocycles. The van der Waals surface area contributed by atoms with Gasteiger partial charge in [-0.1, -0.05) is 0 Å². The van der Waals surface area contributed by atoms with Gasteiger partial charge in [0.1, 0.15) is 0 Å². The molecule has 0 saturated carbocycles. The SMILES string of the molecule is O=C(O)CCn1cc(CN2CCCO[C@H](Cn3cccn3)C2)cn1. The third kappa shape index (κ3) is 4.90. The highest BCUT2D eigenvalue weighted by Gasteiger charge is 2.20. The monoisotopic (exact) mass is 333 g/mol. The van der Waals surface area contributed by atoms with Crippen molar-refractivity contribution in [1.82, 2.24) is 24.5 Å². The molecule has 1 saturated heterocycles. The molecule has 0 radical (unpaired) electrons. The Morgan fingerprint density at radius 3 is 3.08 bits per heavy atom. The van der Waals surface area contributed by atoms with Crippen molar-refractivity contribution >= 4 is 5.97 Å². The minimum Gasteiger partial charge on any atom is -0.481 e. The van der Waals surface area contributed by atoms with Crippen LogP contribution in [0.4, 0.5) is 0 Å². The van der Waals surface area contributed by atoms with Crippen LogP contribution in [0.1, 0.15) is 18.4 Å². The van der Waals surface area contributed by atoms with Gasteiger partial charge in [-0.15, -0.1) is 0 Å². The fraction of sp³-hybridized carbons (Fsp3) is 0.562. The zero-order chi connectivity index (χ0) is 16.8. The summed E-state index contributed by atoms with van der Waals surface area (Å²) < 4.78 is 9.52. The standard InChI is InChI=1S/C16H23N5O3/c22-16(23)3-7-21-11-14(9-18-21)10-19-5-2-8-24-15(12-19)13-20-6-1-4-17-20/h1,4,6,9,11,15H,2-3,5,7-8,10,12-13H2,(H,22,23)/t15-/m0/s1. The van der Waals surface area contributed by atoms with Crippen molar-refractivity contribution in [3.05, 3.63) is 36.4 Å². The molecular formula is C16H23N5O3. The largest absolute Gasteiger partial charge is 0.481 e. The first-order valence-corrected chi connectivity index (χ1v) is 8.23. The number of carboxylic acids is 1. The van der Waals surface area contributed by atoms with Crippen LogP contribution in [0.5, 0.6) is 0 Å². The molecule has 0 spiro atoms. The lowest BCUT2D eigenvalue weighted by Crippen LogP contribution is -2.34. The minimum atomic E-state index is -0.807. The summed E-state index contributed by atoms with van der Waals surface area (Å²) in [7, 11) is 0. The second kappa shape index (κ2) is 8.07. The lowest BCUT2D eigenvalue weighted by atomic mass is 10.2. The van der Waals surface area contributed by atoms with Crippen LogP contribution in [0.2, 0.25) is 0 Å². The molecule has 0 amide bonds. The van der Waals surface area contributed by atoms with Gasteiger partial charge in [-0.2, -0.15) is 10.2 Å². The smallest absolute Gasteiger partial charge is 0.305 e. The molecule has 8 nitrogen and oxygen atoms in total. The van der Waals surface area contributed by atoms with Crippen LogP contribution < -0.4 is 0 Å². The van der Waals surface area contributed by atoms with Crippen LogP contribution in [0, 0.1) is 0 Å². The van der Waals surface area contributed by atoms with E-state index in [-0.39, 0.29) is 12.5 Å². The van der Waals surface area contributed by atoms with E-state index in [1.165, 1.54) is 0 Å². The molecule has 2 aromatic heterocycles. The van der Waals surface area contributed by atoms with Gasteiger partial charge in [0.05, 0.1) is 31.8 Å². The molecule has 8 heteroatoms. The molecule has 1 aliphatic rings. The van der Waals surface area contributed by atoms with Crippen molar-refractivity contribution < 1.29 is 14.6 Å². The van der Waals surface area contributed by atoms with Crippen molar-refractivity contribution in [2.75, 3.05) is 19.7 Å². The number of hydrogen-bond donors (Lipinski definition) is 1. The third-order valence-electron chi connectivity index (χ3n) is 4.03. The molecule has 1 atom stereocenters. The molecule has 0 unspecified atom stereocenters. The van der Waals surface area contributed by atoms with Gasteiger partial charge >= 0.3 is 5.97 Å². The highest BCUT2D eigenvalue weighted by atomic mass is 16.5. The Kier molecular flexibility index (Phi) is 5.60. The summed E-state index contributed by atoms with van der Waals surface area (Å²) in [5, 5.41) is 17.2. The normalized spacial score (nSPS) is 19.2. The Labute approximate surface area is 140 Å². The summed E-state index contributed by atoms with van der Waals surface area (Å²) in [4.78, 5) is 13.0. The molecule has 1 N–H and O–H groups in total. The van der Waals surface area contributed by atoms with Crippen molar-refractivity contribution in [3.8, 4) is 0 Å². The number of rotatable bonds is 7. The summed E-state index contributed by atoms with van der Waals surface area (Å²) in [6.45, 7) is 4.55. The van der Waals surface area contributed by atoms with Crippen LogP contribution in [0.15, 0.2) is 30.9 Å². The van der Waals surface area contributed by atoms with E-state index in [4.69, 9.17) is 9.84 Å². The van der Waals surface area contributed by atoms with Crippen molar-refractivity contribution in [1.29, 1.82) is 0 Å². The van der Waals surface area contributed by atoms with Gasteiger partial charge in [0.25, 0.3) is 0 Å². The zero-order valence-electron chi connectivity index (χ0n) is 13.6. The van der Waals surface area contributed by atoms with Crippen LogP contribution in [0.3, 0.4) is 0 Å². The Bertz CT molecular complexity index is 640. The van der Waals surface area contributed by atoms with Gasteiger partial charge in [0, 0.05) is 50.4 Å². The van der Waals surface area contributed by atoms with E-state index in [1.807, 2.05) is 29.3 Å². The van der Waals surface area contributed by atoms with E-state index in [0.717, 1.165) is 44.8 Å². The molecular weight excluding hydrogens is 310 g/mol. The molecule has 130 valence electrons. The fourth-order valence-corrected chi connectivity index (χ4v) is 2.92. The summed E-state index contributed by atoms with van der Waals surface area (Å²) >= 11 is 0. The van der Waals surface area contributed by atoms with Crippen LogP contribution in [-0.4, -0.2) is 61.3 Å². The van der Waals surface area contributed by atoms with Crippen molar-refractivity contribution in [2.45, 2.75) is 38.6 Å². The third-order valence-corrected chi connectivity index (χ3v) is 4.03. The van der Waals surface area contributed by atoms with E-state index in [0.29, 0.717) is 6.54 Å². The quantitative estimate of drug-likeness (QED) is 0.808. The Morgan fingerprint density at radius 2 is 2.29 bits per heavy atom. The number of nitrogens with zero attached hydrogens (tertiary/aromatic N) is 5. The van der Waals surface area contributed by atoms with Gasteiger partial charge in [-0.05, 0) is 12.5 Å². The van der Waals surface area contributed by atoms with Crippen LogP contribution in [-0.2, 0) is 29.2 Å². The number of carboxylic acid groups (broad SMARTS) is 1. The van der Waals surface area contributed by atoms with E-state index in [2.05, 4.69) is 15.1 Å². The highest BCUT2D eigenvalue weighted by Crippen LogP contribution is 2.12. The topological polar surface area (TPSA) is 85.4 Å². The average molecular weight is 333 g/mol. The fourth-order valence-electron chi connectivity index (χ4n) is 2.92. The maximum Gasteiger partial charge on any atom is 0.305 e. The summed E-state index contributed by atoms with van der Waals surface area (Å²) in [5.74, 6) is -0.807. The molecule has 3 rings (SSSR count). The minimum absolute atomic E-state index is 0.0879. The number of carbonyl (C=O) groups is 1. The van der Waals surface area contributed by atoms with Crippen molar-refractivity contribution in [2.24, 2.45) is 0 Å². The van der Waals surface area contributed by atoms with Gasteiger partial charge < -0.3 is 9.84 Å². The lowest BCUT2D eigenvalue weighted by Gasteiger charge is -2.23. The van der Waals surface area contributed by atoms with Crippen LogP contribution >= 0.6 is 0 Å². The number of ether oxygens (including phenoxy) is 1. The van der Waals surface area contributed by atoms with Gasteiger partial charge in [0.2, 0.25) is 0 Å². The molecule has 1 fully saturated rings. The van der Waals surface area contributed by atoms with Gasteiger partial charge in [-0.3, -0.25) is 19.1 Å². The second-order valence-electron chi connectivity index (χ2n) is 6.06. The average Bonchev–Trinajstić information content (AvgIpc) is 3.16. The highest BCUT2D eigenvalue weighted by molar-refractivity contribution is 5.66. The number of aromatic nitrogens is 4. The molecule has 3 heterocycles. The Morgan fingerprint density at radius 1 is 1.38 bits per heavy atom. The molecule has 1 aliphatic heterocycles. The number of aliphatic carboxylic acids is 1. The second-order valence-corrected chi connectivity index (χ2v) is 6.06. The summed E-state index contributed by atoms with van der Waals surface area (Å²) in [5.41, 5.74) is 1.10. The van der Waals surface area contributed by atoms with E-state index >= 15 is 0 Å². The molecule has 0 bridgehead atoms. The Hall–Kier alpha value is -2.19. The van der Waals surface area contributed by atoms with Crippen LogP contribution in [0.25, 0.3) is 0 Å². The number of aryl methyl sites for hydroxylation is 1. The van der Waals surface area contributed by atoms with Gasteiger partial charge in [-0.25, -0.2) is 0 Å². The molecule has 24 heavy (non-hydrogen) atoms. The van der Waals surface area contributed by atoms with Gasteiger partial charge in [0.15, 0.2) is 0 Å². The predicted molar refractivity (Wildman–Crippen MR) is 86.3 cm³/mol. The van der Waals surface area contributed by atoms with E-state index < -0.39 is 5.97 Å². The number of hydrogen-bond acceptors (Lipinski definition) is 5. The maximum absolute atomic E-state index is 10.6. The first-order chi connectivity index (χ1) is 11.7. The van der Waals surface area contributed by atoms with Crippen molar-refractivity contribution in [3.63, 3.8) is 0 Å². The predicted octanol–water partition coefficient (Wildman–Crippen LogP) is 0.845.